The number of rotatable bonds is 6. The van der Waals surface area contributed by atoms with Crippen LogP contribution in [0.25, 0.3) is 0 Å². The Bertz CT molecular complexity index is 854. The zero-order chi connectivity index (χ0) is 19.3. The molecule has 0 aliphatic carbocycles. The van der Waals surface area contributed by atoms with E-state index in [1.807, 2.05) is 25.1 Å². The number of amides is 1. The first kappa shape index (κ1) is 19.2. The van der Waals surface area contributed by atoms with Gasteiger partial charge in [-0.25, -0.2) is 4.79 Å². The standard InChI is InChI=1S/C17H16ClN3O5/c1-20(2)12-5-3-4-11(8-12)17(23)26-10-16(22)19-15-9-13(21(24)25)6-7-14(15)18/h3-9H,10H2,1-2H3,(H,19,22). The molecule has 9 heteroatoms. The van der Waals surface area contributed by atoms with Gasteiger partial charge in [0.2, 0.25) is 0 Å². The number of non-ortho nitro benzene ring substituents is 1. The van der Waals surface area contributed by atoms with Crippen LogP contribution >= 0.6 is 11.6 Å². The molecule has 0 bridgehead atoms. The topological polar surface area (TPSA) is 102 Å². The third-order valence-corrected chi connectivity index (χ3v) is 3.70. The van der Waals surface area contributed by atoms with Gasteiger partial charge < -0.3 is 15.0 Å². The van der Waals surface area contributed by atoms with E-state index in [2.05, 4.69) is 5.32 Å². The average molecular weight is 378 g/mol. The molecule has 26 heavy (non-hydrogen) atoms. The fourth-order valence-electron chi connectivity index (χ4n) is 2.03. The van der Waals surface area contributed by atoms with Crippen LogP contribution in [0.1, 0.15) is 10.4 Å². The molecular weight excluding hydrogens is 362 g/mol. The van der Waals surface area contributed by atoms with Crippen LogP contribution in [-0.2, 0) is 9.53 Å². The summed E-state index contributed by atoms with van der Waals surface area (Å²) in [6.45, 7) is -0.552. The van der Waals surface area contributed by atoms with Crippen LogP contribution in [0, 0.1) is 10.1 Å². The van der Waals surface area contributed by atoms with Crippen molar-refractivity contribution in [3.8, 4) is 0 Å². The number of hydrogen-bond acceptors (Lipinski definition) is 6. The van der Waals surface area contributed by atoms with Crippen molar-refractivity contribution < 1.29 is 19.2 Å². The number of nitro benzene ring substituents is 1. The number of anilines is 2. The maximum atomic E-state index is 12.1. The number of nitrogens with zero attached hydrogens (tertiary/aromatic N) is 2. The molecule has 2 rings (SSSR count). The van der Waals surface area contributed by atoms with E-state index in [0.717, 1.165) is 11.8 Å². The fourth-order valence-corrected chi connectivity index (χ4v) is 2.20. The number of nitrogens with one attached hydrogen (secondary N) is 1. The van der Waals surface area contributed by atoms with Gasteiger partial charge in [0.15, 0.2) is 6.61 Å². The van der Waals surface area contributed by atoms with E-state index in [-0.39, 0.29) is 16.4 Å². The average Bonchev–Trinajstić information content (AvgIpc) is 2.61. The second kappa shape index (κ2) is 8.30. The molecule has 0 heterocycles. The number of nitro groups is 1. The van der Waals surface area contributed by atoms with Gasteiger partial charge in [-0.05, 0) is 24.3 Å². The Balaban J connectivity index is 1.99. The maximum absolute atomic E-state index is 12.1. The van der Waals surface area contributed by atoms with E-state index < -0.39 is 23.4 Å². The van der Waals surface area contributed by atoms with Crippen LogP contribution in [0.4, 0.5) is 17.1 Å². The summed E-state index contributed by atoms with van der Waals surface area (Å²) in [6, 6.07) is 10.4. The number of carbonyl (C=O) groups is 2. The highest BCUT2D eigenvalue weighted by molar-refractivity contribution is 6.33. The van der Waals surface area contributed by atoms with Crippen molar-refractivity contribution in [2.24, 2.45) is 0 Å². The van der Waals surface area contributed by atoms with E-state index in [1.165, 1.54) is 12.1 Å². The van der Waals surface area contributed by atoms with Gasteiger partial charge in [0.25, 0.3) is 11.6 Å². The third kappa shape index (κ3) is 4.93. The van der Waals surface area contributed by atoms with Crippen molar-refractivity contribution in [3.05, 3.63) is 63.2 Å². The van der Waals surface area contributed by atoms with Crippen LogP contribution in [0.5, 0.6) is 0 Å². The summed E-state index contributed by atoms with van der Waals surface area (Å²) >= 11 is 5.90. The second-order valence-electron chi connectivity index (χ2n) is 5.49. The Morgan fingerprint density at radius 2 is 1.96 bits per heavy atom. The van der Waals surface area contributed by atoms with Gasteiger partial charge in [-0.3, -0.25) is 14.9 Å². The molecule has 0 aliphatic rings. The minimum Gasteiger partial charge on any atom is -0.452 e. The molecule has 0 radical (unpaired) electrons. The minimum absolute atomic E-state index is 0.0662. The van der Waals surface area contributed by atoms with Gasteiger partial charge >= 0.3 is 5.97 Å². The molecular formula is C17H16ClN3O5. The van der Waals surface area contributed by atoms with Crippen molar-refractivity contribution in [1.29, 1.82) is 0 Å². The highest BCUT2D eigenvalue weighted by Crippen LogP contribution is 2.26. The summed E-state index contributed by atoms with van der Waals surface area (Å²) in [5.74, 6) is -1.32. The minimum atomic E-state index is -0.662. The van der Waals surface area contributed by atoms with Crippen molar-refractivity contribution in [2.75, 3.05) is 30.9 Å². The van der Waals surface area contributed by atoms with Gasteiger partial charge in [0.1, 0.15) is 0 Å². The SMILES string of the molecule is CN(C)c1cccc(C(=O)OCC(=O)Nc2cc([N+](=O)[O-])ccc2Cl)c1. The molecule has 0 aliphatic heterocycles. The molecule has 0 atom stereocenters. The molecule has 2 aromatic carbocycles. The van der Waals surface area contributed by atoms with E-state index >= 15 is 0 Å². The van der Waals surface area contributed by atoms with Crippen LogP contribution < -0.4 is 10.2 Å². The molecule has 1 amide bonds. The smallest absolute Gasteiger partial charge is 0.338 e. The van der Waals surface area contributed by atoms with Crippen molar-refractivity contribution in [1.82, 2.24) is 0 Å². The number of hydrogen-bond donors (Lipinski definition) is 1. The number of halogens is 1. The Hall–Kier alpha value is -3.13. The van der Waals surface area contributed by atoms with E-state index in [4.69, 9.17) is 16.3 Å². The van der Waals surface area contributed by atoms with Crippen LogP contribution in [0.3, 0.4) is 0 Å². The Labute approximate surface area is 154 Å². The lowest BCUT2D eigenvalue weighted by Crippen LogP contribution is -2.21. The highest BCUT2D eigenvalue weighted by atomic mass is 35.5. The molecule has 0 saturated heterocycles. The summed E-state index contributed by atoms with van der Waals surface area (Å²) < 4.78 is 4.97. The molecule has 2 aromatic rings. The largest absolute Gasteiger partial charge is 0.452 e. The summed E-state index contributed by atoms with van der Waals surface area (Å²) in [7, 11) is 3.67. The summed E-state index contributed by atoms with van der Waals surface area (Å²) in [5.41, 5.74) is 0.961. The van der Waals surface area contributed by atoms with Crippen molar-refractivity contribution >= 4 is 40.5 Å². The molecule has 0 fully saturated rings. The van der Waals surface area contributed by atoms with Gasteiger partial charge in [-0.1, -0.05) is 17.7 Å². The molecule has 0 saturated carbocycles. The summed E-state index contributed by atoms with van der Waals surface area (Å²) in [6.07, 6.45) is 0. The van der Waals surface area contributed by atoms with Crippen LogP contribution in [0.15, 0.2) is 42.5 Å². The van der Waals surface area contributed by atoms with Crippen LogP contribution in [-0.4, -0.2) is 37.5 Å². The lowest BCUT2D eigenvalue weighted by atomic mass is 10.2. The van der Waals surface area contributed by atoms with Gasteiger partial charge in [-0.2, -0.15) is 0 Å². The lowest BCUT2D eigenvalue weighted by molar-refractivity contribution is -0.384. The zero-order valence-corrected chi connectivity index (χ0v) is 14.8. The summed E-state index contributed by atoms with van der Waals surface area (Å²) in [5, 5.41) is 13.3. The van der Waals surface area contributed by atoms with Gasteiger partial charge in [0, 0.05) is 31.9 Å². The predicted octanol–water partition coefficient (Wildman–Crippen LogP) is 3.11. The Kier molecular flexibility index (Phi) is 6.13. The van der Waals surface area contributed by atoms with Crippen molar-refractivity contribution in [3.63, 3.8) is 0 Å². The maximum Gasteiger partial charge on any atom is 0.338 e. The predicted molar refractivity (Wildman–Crippen MR) is 97.8 cm³/mol. The zero-order valence-electron chi connectivity index (χ0n) is 14.1. The fraction of sp³-hybridized carbons (Fsp3) is 0.176. The lowest BCUT2D eigenvalue weighted by Gasteiger charge is -2.13. The molecule has 0 spiro atoms. The van der Waals surface area contributed by atoms with Crippen LogP contribution in [0.2, 0.25) is 5.02 Å². The number of carbonyl (C=O) groups excluding carboxylic acids is 2. The van der Waals surface area contributed by atoms with E-state index in [0.29, 0.717) is 5.56 Å². The first-order valence-electron chi connectivity index (χ1n) is 7.46. The Morgan fingerprint density at radius 1 is 1.23 bits per heavy atom. The number of ether oxygens (including phenoxy) is 1. The quantitative estimate of drug-likeness (QED) is 0.471. The van der Waals surface area contributed by atoms with E-state index in [1.54, 1.807) is 18.2 Å². The number of esters is 1. The van der Waals surface area contributed by atoms with Gasteiger partial charge in [-0.15, -0.1) is 0 Å². The normalized spacial score (nSPS) is 10.1. The molecule has 0 unspecified atom stereocenters. The second-order valence-corrected chi connectivity index (χ2v) is 5.90. The van der Waals surface area contributed by atoms with E-state index in [9.17, 15) is 19.7 Å². The third-order valence-electron chi connectivity index (χ3n) is 3.37. The first-order valence-corrected chi connectivity index (χ1v) is 7.84. The molecule has 1 N–H and O–H groups in total. The first-order chi connectivity index (χ1) is 12.3. The highest BCUT2D eigenvalue weighted by Gasteiger charge is 2.14. The molecule has 136 valence electrons. The van der Waals surface area contributed by atoms with Gasteiger partial charge in [0.05, 0.1) is 21.2 Å². The number of benzene rings is 2. The van der Waals surface area contributed by atoms with Crippen molar-refractivity contribution in [2.45, 2.75) is 0 Å². The monoisotopic (exact) mass is 377 g/mol. The molecule has 0 aromatic heterocycles. The Morgan fingerprint density at radius 3 is 2.62 bits per heavy atom. The summed E-state index contributed by atoms with van der Waals surface area (Å²) in [4.78, 5) is 36.0. The molecule has 8 nitrogen and oxygen atoms in total.